The van der Waals surface area contributed by atoms with Crippen LogP contribution in [-0.4, -0.2) is 35.7 Å². The molecule has 7 heteroatoms. The minimum atomic E-state index is -1.05. The van der Waals surface area contributed by atoms with Crippen molar-refractivity contribution >= 4 is 23.7 Å². The van der Waals surface area contributed by atoms with Crippen molar-refractivity contribution in [3.63, 3.8) is 0 Å². The van der Waals surface area contributed by atoms with Crippen LogP contribution in [0.15, 0.2) is 78.9 Å². The van der Waals surface area contributed by atoms with Crippen molar-refractivity contribution in [2.75, 3.05) is 11.9 Å². The molecule has 0 saturated heterocycles. The van der Waals surface area contributed by atoms with E-state index in [-0.39, 0.29) is 25.4 Å². The highest BCUT2D eigenvalue weighted by Crippen LogP contribution is 2.44. The molecule has 1 aliphatic carbocycles. The normalized spacial score (nSPS) is 12.8. The molecule has 0 aromatic heterocycles. The number of hydrogen-bond donors (Lipinski definition) is 3. The number of rotatable bonds is 8. The smallest absolute Gasteiger partial charge is 0.407 e. The molecule has 33 heavy (non-hydrogen) atoms. The summed E-state index contributed by atoms with van der Waals surface area (Å²) < 4.78 is 5.50. The third kappa shape index (κ3) is 5.20. The van der Waals surface area contributed by atoms with Crippen LogP contribution in [0.25, 0.3) is 11.1 Å². The van der Waals surface area contributed by atoms with Gasteiger partial charge in [-0.3, -0.25) is 9.59 Å². The Morgan fingerprint density at radius 1 is 0.848 bits per heavy atom. The highest BCUT2D eigenvalue weighted by atomic mass is 16.5. The van der Waals surface area contributed by atoms with E-state index in [2.05, 4.69) is 10.6 Å². The standard InChI is InChI=1S/C26H24N2O5/c29-24(30)15-14-23(25(31)27-17-8-2-1-3-9-17)28-26(32)33-16-22-20-12-6-4-10-18(20)19-11-5-7-13-21(19)22/h1-13,22-23H,14-16H2,(H,27,31)(H,28,32)(H,29,30)/t23-/m0/s1. The summed E-state index contributed by atoms with van der Waals surface area (Å²) in [6.45, 7) is 0.103. The summed E-state index contributed by atoms with van der Waals surface area (Å²) in [5.74, 6) is -1.67. The number of alkyl carbamates (subject to hydrolysis) is 1. The molecule has 0 unspecified atom stereocenters. The Bertz CT molecular complexity index is 1120. The summed E-state index contributed by atoms with van der Waals surface area (Å²) in [7, 11) is 0. The van der Waals surface area contributed by atoms with Gasteiger partial charge in [-0.05, 0) is 40.8 Å². The number of amides is 2. The summed E-state index contributed by atoms with van der Waals surface area (Å²) in [5, 5.41) is 14.2. The molecule has 7 nitrogen and oxygen atoms in total. The summed E-state index contributed by atoms with van der Waals surface area (Å²) in [6.07, 6.45) is -1.09. The van der Waals surface area contributed by atoms with Crippen molar-refractivity contribution in [3.05, 3.63) is 90.0 Å². The highest BCUT2D eigenvalue weighted by Gasteiger charge is 2.30. The van der Waals surface area contributed by atoms with E-state index < -0.39 is 24.0 Å². The minimum absolute atomic E-state index is 0.0573. The van der Waals surface area contributed by atoms with E-state index in [4.69, 9.17) is 9.84 Å². The molecule has 0 radical (unpaired) electrons. The van der Waals surface area contributed by atoms with Crippen LogP contribution in [0.4, 0.5) is 10.5 Å². The highest BCUT2D eigenvalue weighted by molar-refractivity contribution is 5.96. The van der Waals surface area contributed by atoms with E-state index in [0.717, 1.165) is 22.3 Å². The number of carbonyl (C=O) groups is 3. The van der Waals surface area contributed by atoms with Crippen LogP contribution in [0.5, 0.6) is 0 Å². The first-order valence-corrected chi connectivity index (χ1v) is 10.7. The van der Waals surface area contributed by atoms with Gasteiger partial charge in [-0.15, -0.1) is 0 Å². The van der Waals surface area contributed by atoms with Crippen LogP contribution in [0.1, 0.15) is 29.9 Å². The molecular weight excluding hydrogens is 420 g/mol. The third-order valence-corrected chi connectivity index (χ3v) is 5.64. The number of carbonyl (C=O) groups excluding carboxylic acids is 2. The number of anilines is 1. The summed E-state index contributed by atoms with van der Waals surface area (Å²) in [5.41, 5.74) is 4.94. The first-order chi connectivity index (χ1) is 16.0. The molecule has 0 bridgehead atoms. The predicted molar refractivity (Wildman–Crippen MR) is 124 cm³/mol. The van der Waals surface area contributed by atoms with Crippen LogP contribution >= 0.6 is 0 Å². The zero-order valence-corrected chi connectivity index (χ0v) is 17.9. The molecule has 0 aliphatic heterocycles. The van der Waals surface area contributed by atoms with Crippen molar-refractivity contribution in [2.45, 2.75) is 24.8 Å². The van der Waals surface area contributed by atoms with Crippen molar-refractivity contribution < 1.29 is 24.2 Å². The zero-order chi connectivity index (χ0) is 23.2. The topological polar surface area (TPSA) is 105 Å². The van der Waals surface area contributed by atoms with Crippen LogP contribution in [0.3, 0.4) is 0 Å². The number of carboxylic acids is 1. The molecular formula is C26H24N2O5. The predicted octanol–water partition coefficient (Wildman–Crippen LogP) is 4.40. The number of fused-ring (bicyclic) bond motifs is 3. The molecule has 168 valence electrons. The van der Waals surface area contributed by atoms with Crippen LogP contribution in [-0.2, 0) is 14.3 Å². The number of benzene rings is 3. The lowest BCUT2D eigenvalue weighted by molar-refractivity contribution is -0.137. The quantitative estimate of drug-likeness (QED) is 0.478. The SMILES string of the molecule is O=C(O)CC[C@H](NC(=O)OCC1c2ccccc2-c2ccccc21)C(=O)Nc1ccccc1. The number of para-hydroxylation sites is 1. The maximum Gasteiger partial charge on any atom is 0.407 e. The van der Waals surface area contributed by atoms with Gasteiger partial charge in [0.2, 0.25) is 5.91 Å². The number of ether oxygens (including phenoxy) is 1. The molecule has 3 aromatic carbocycles. The fourth-order valence-corrected chi connectivity index (χ4v) is 4.07. The maximum atomic E-state index is 12.7. The lowest BCUT2D eigenvalue weighted by Crippen LogP contribution is -2.44. The molecule has 3 aromatic rings. The van der Waals surface area contributed by atoms with Crippen molar-refractivity contribution in [2.24, 2.45) is 0 Å². The summed E-state index contributed by atoms with van der Waals surface area (Å²) in [4.78, 5) is 36.3. The van der Waals surface area contributed by atoms with E-state index in [1.54, 1.807) is 24.3 Å². The molecule has 0 heterocycles. The van der Waals surface area contributed by atoms with E-state index in [9.17, 15) is 14.4 Å². The number of carboxylic acid groups (broad SMARTS) is 1. The zero-order valence-electron chi connectivity index (χ0n) is 17.9. The monoisotopic (exact) mass is 444 g/mol. The fourth-order valence-electron chi connectivity index (χ4n) is 4.07. The second-order valence-corrected chi connectivity index (χ2v) is 7.81. The lowest BCUT2D eigenvalue weighted by Gasteiger charge is -2.19. The maximum absolute atomic E-state index is 12.7. The molecule has 1 atom stereocenters. The van der Waals surface area contributed by atoms with E-state index in [1.165, 1.54) is 0 Å². The van der Waals surface area contributed by atoms with Gasteiger partial charge in [-0.1, -0.05) is 66.7 Å². The van der Waals surface area contributed by atoms with Gasteiger partial charge in [0.05, 0.1) is 0 Å². The Hall–Kier alpha value is -4.13. The minimum Gasteiger partial charge on any atom is -0.481 e. The fraction of sp³-hybridized carbons (Fsp3) is 0.192. The average molecular weight is 444 g/mol. The van der Waals surface area contributed by atoms with Crippen LogP contribution in [0.2, 0.25) is 0 Å². The van der Waals surface area contributed by atoms with Gasteiger partial charge in [-0.2, -0.15) is 0 Å². The Morgan fingerprint density at radius 2 is 1.42 bits per heavy atom. The molecule has 1 aliphatic rings. The number of hydrogen-bond acceptors (Lipinski definition) is 4. The van der Waals surface area contributed by atoms with Gasteiger partial charge in [0, 0.05) is 18.0 Å². The van der Waals surface area contributed by atoms with Crippen molar-refractivity contribution in [1.29, 1.82) is 0 Å². The molecule has 3 N–H and O–H groups in total. The Kier molecular flexibility index (Phi) is 6.69. The molecule has 0 saturated carbocycles. The van der Waals surface area contributed by atoms with Gasteiger partial charge in [0.25, 0.3) is 0 Å². The molecule has 4 rings (SSSR count). The van der Waals surface area contributed by atoms with Crippen LogP contribution < -0.4 is 10.6 Å². The van der Waals surface area contributed by atoms with Crippen molar-refractivity contribution in [1.82, 2.24) is 5.32 Å². The number of aliphatic carboxylic acids is 1. The molecule has 0 spiro atoms. The van der Waals surface area contributed by atoms with Crippen molar-refractivity contribution in [3.8, 4) is 11.1 Å². The van der Waals surface area contributed by atoms with Gasteiger partial charge in [-0.25, -0.2) is 4.79 Å². The first-order valence-electron chi connectivity index (χ1n) is 10.7. The van der Waals surface area contributed by atoms with E-state index in [1.807, 2.05) is 54.6 Å². The lowest BCUT2D eigenvalue weighted by atomic mass is 9.98. The van der Waals surface area contributed by atoms with Gasteiger partial charge in [0.15, 0.2) is 0 Å². The average Bonchev–Trinajstić information content (AvgIpc) is 3.14. The summed E-state index contributed by atoms with van der Waals surface area (Å²) in [6, 6.07) is 23.7. The Labute approximate surface area is 191 Å². The first kappa shape index (κ1) is 22.1. The number of nitrogens with one attached hydrogen (secondary N) is 2. The second-order valence-electron chi connectivity index (χ2n) is 7.81. The summed E-state index contributed by atoms with van der Waals surface area (Å²) >= 11 is 0. The molecule has 0 fully saturated rings. The van der Waals surface area contributed by atoms with Gasteiger partial charge < -0.3 is 20.5 Å². The Balaban J connectivity index is 1.42. The van der Waals surface area contributed by atoms with Gasteiger partial charge in [0.1, 0.15) is 12.6 Å². The van der Waals surface area contributed by atoms with E-state index in [0.29, 0.717) is 5.69 Å². The third-order valence-electron chi connectivity index (χ3n) is 5.64. The van der Waals surface area contributed by atoms with E-state index >= 15 is 0 Å². The second kappa shape index (κ2) is 9.99. The van der Waals surface area contributed by atoms with Crippen LogP contribution in [0, 0.1) is 0 Å². The van der Waals surface area contributed by atoms with Gasteiger partial charge >= 0.3 is 12.1 Å². The largest absolute Gasteiger partial charge is 0.481 e. The molecule has 2 amide bonds. The Morgan fingerprint density at radius 3 is 2.03 bits per heavy atom.